The van der Waals surface area contributed by atoms with Crippen LogP contribution < -0.4 is 10.2 Å². The summed E-state index contributed by atoms with van der Waals surface area (Å²) < 4.78 is 7.50. The number of ether oxygens (including phenoxy) is 1. The maximum atomic E-state index is 12.1. The number of hydrogen-bond acceptors (Lipinski definition) is 7. The molecule has 0 saturated carbocycles. The van der Waals surface area contributed by atoms with Crippen molar-refractivity contribution in [2.75, 3.05) is 44.4 Å². The molecular formula is C20H30N6O3. The molecule has 0 spiro atoms. The number of aromatic nitrogens is 4. The van der Waals surface area contributed by atoms with E-state index >= 15 is 0 Å². The number of nitrogens with one attached hydrogen (secondary N) is 1. The van der Waals surface area contributed by atoms with Crippen molar-refractivity contribution >= 4 is 22.9 Å². The van der Waals surface area contributed by atoms with E-state index in [1.165, 1.54) is 0 Å². The number of imidazole rings is 1. The van der Waals surface area contributed by atoms with Gasteiger partial charge in [0.1, 0.15) is 6.33 Å². The molecule has 2 unspecified atom stereocenters. The van der Waals surface area contributed by atoms with Crippen LogP contribution in [0.1, 0.15) is 26.2 Å². The van der Waals surface area contributed by atoms with E-state index < -0.39 is 0 Å². The Hall–Kier alpha value is -2.26. The van der Waals surface area contributed by atoms with Crippen LogP contribution >= 0.6 is 0 Å². The molecule has 29 heavy (non-hydrogen) atoms. The zero-order chi connectivity index (χ0) is 20.2. The van der Waals surface area contributed by atoms with Crippen molar-refractivity contribution in [2.24, 2.45) is 17.8 Å². The molecule has 2 aliphatic rings. The van der Waals surface area contributed by atoms with Crippen LogP contribution in [-0.2, 0) is 16.1 Å². The van der Waals surface area contributed by atoms with Gasteiger partial charge >= 0.3 is 0 Å². The molecule has 0 aromatic carbocycles. The minimum Gasteiger partial charge on any atom is -0.396 e. The molecule has 1 amide bonds. The molecule has 4 heterocycles. The number of nitrogens with zero attached hydrogens (tertiary/aromatic N) is 5. The van der Waals surface area contributed by atoms with Crippen LogP contribution in [0, 0.1) is 17.8 Å². The lowest BCUT2D eigenvalue weighted by atomic mass is 9.92. The van der Waals surface area contributed by atoms with Gasteiger partial charge < -0.3 is 24.6 Å². The van der Waals surface area contributed by atoms with Gasteiger partial charge in [0, 0.05) is 57.8 Å². The van der Waals surface area contributed by atoms with Crippen molar-refractivity contribution in [1.82, 2.24) is 24.8 Å². The van der Waals surface area contributed by atoms with Crippen molar-refractivity contribution < 1.29 is 14.6 Å². The predicted octanol–water partition coefficient (Wildman–Crippen LogP) is 0.824. The van der Waals surface area contributed by atoms with Crippen molar-refractivity contribution in [1.29, 1.82) is 0 Å². The molecule has 0 radical (unpaired) electrons. The first-order valence-corrected chi connectivity index (χ1v) is 10.6. The fourth-order valence-electron chi connectivity index (χ4n) is 4.44. The molecule has 2 fully saturated rings. The van der Waals surface area contributed by atoms with Crippen LogP contribution in [0.5, 0.6) is 0 Å². The summed E-state index contributed by atoms with van der Waals surface area (Å²) in [5.41, 5.74) is 1.57. The summed E-state index contributed by atoms with van der Waals surface area (Å²) in [6.45, 7) is 6.44. The number of carbonyl (C=O) groups excluding carboxylic acids is 1. The number of aliphatic hydroxyl groups is 1. The molecule has 0 aliphatic carbocycles. The minimum absolute atomic E-state index is 0.0695. The molecule has 2 aromatic rings. The van der Waals surface area contributed by atoms with E-state index in [1.807, 2.05) is 11.5 Å². The Morgan fingerprint density at radius 1 is 1.31 bits per heavy atom. The summed E-state index contributed by atoms with van der Waals surface area (Å²) in [5, 5.41) is 12.8. The van der Waals surface area contributed by atoms with E-state index in [4.69, 9.17) is 4.74 Å². The van der Waals surface area contributed by atoms with E-state index in [-0.39, 0.29) is 24.3 Å². The van der Waals surface area contributed by atoms with Gasteiger partial charge in [-0.3, -0.25) is 4.79 Å². The van der Waals surface area contributed by atoms with Gasteiger partial charge in [-0.05, 0) is 32.1 Å². The molecular weight excluding hydrogens is 372 g/mol. The highest BCUT2D eigenvalue weighted by atomic mass is 16.5. The number of aliphatic hydroxyl groups excluding tert-OH is 1. The summed E-state index contributed by atoms with van der Waals surface area (Å²) in [6, 6.07) is 0. The van der Waals surface area contributed by atoms with E-state index in [2.05, 4.69) is 25.2 Å². The fourth-order valence-corrected chi connectivity index (χ4v) is 4.44. The minimum atomic E-state index is 0.0695. The molecule has 0 bridgehead atoms. The first-order chi connectivity index (χ1) is 14.2. The predicted molar refractivity (Wildman–Crippen MR) is 108 cm³/mol. The number of carbonyl (C=O) groups is 1. The smallest absolute Gasteiger partial charge is 0.223 e. The van der Waals surface area contributed by atoms with Crippen molar-refractivity contribution in [3.63, 3.8) is 0 Å². The molecule has 2 N–H and O–H groups in total. The van der Waals surface area contributed by atoms with Crippen LogP contribution in [0.15, 0.2) is 12.7 Å². The lowest BCUT2D eigenvalue weighted by Gasteiger charge is -2.32. The SMILES string of the molecule is CCNC(=O)C1CCN(c2ncnc3c2ncn3CC(CO)C2CCOC2)CC1. The summed E-state index contributed by atoms with van der Waals surface area (Å²) in [4.78, 5) is 27.9. The molecule has 2 atom stereocenters. The summed E-state index contributed by atoms with van der Waals surface area (Å²) >= 11 is 0. The van der Waals surface area contributed by atoms with Crippen LogP contribution in [0.2, 0.25) is 0 Å². The number of anilines is 1. The van der Waals surface area contributed by atoms with Crippen molar-refractivity contribution in [3.8, 4) is 0 Å². The molecule has 4 rings (SSSR count). The van der Waals surface area contributed by atoms with Crippen LogP contribution in [0.4, 0.5) is 5.82 Å². The Kier molecular flexibility index (Phi) is 6.25. The second-order valence-corrected chi connectivity index (χ2v) is 7.99. The maximum Gasteiger partial charge on any atom is 0.223 e. The average molecular weight is 402 g/mol. The lowest BCUT2D eigenvalue weighted by molar-refractivity contribution is -0.125. The zero-order valence-corrected chi connectivity index (χ0v) is 17.0. The topological polar surface area (TPSA) is 105 Å². The summed E-state index contributed by atoms with van der Waals surface area (Å²) in [5.74, 6) is 1.54. The quantitative estimate of drug-likeness (QED) is 0.706. The van der Waals surface area contributed by atoms with Gasteiger partial charge in [-0.2, -0.15) is 0 Å². The number of rotatable bonds is 7. The van der Waals surface area contributed by atoms with Gasteiger partial charge in [-0.1, -0.05) is 0 Å². The monoisotopic (exact) mass is 402 g/mol. The first kappa shape index (κ1) is 20.0. The number of hydrogen-bond donors (Lipinski definition) is 2. The maximum absolute atomic E-state index is 12.1. The van der Waals surface area contributed by atoms with Gasteiger partial charge in [-0.15, -0.1) is 0 Å². The van der Waals surface area contributed by atoms with Gasteiger partial charge in [0.25, 0.3) is 0 Å². The summed E-state index contributed by atoms with van der Waals surface area (Å²) in [6.07, 6.45) is 5.98. The third-order valence-electron chi connectivity index (χ3n) is 6.20. The normalized spacial score (nSPS) is 21.6. The van der Waals surface area contributed by atoms with Gasteiger partial charge in [-0.25, -0.2) is 15.0 Å². The third-order valence-corrected chi connectivity index (χ3v) is 6.20. The largest absolute Gasteiger partial charge is 0.396 e. The Labute approximate surface area is 170 Å². The molecule has 2 aromatic heterocycles. The lowest BCUT2D eigenvalue weighted by Crippen LogP contribution is -2.40. The van der Waals surface area contributed by atoms with E-state index in [9.17, 15) is 9.90 Å². The highest BCUT2D eigenvalue weighted by Crippen LogP contribution is 2.28. The highest BCUT2D eigenvalue weighted by Gasteiger charge is 2.28. The van der Waals surface area contributed by atoms with Gasteiger partial charge in [0.2, 0.25) is 5.91 Å². The molecule has 9 heteroatoms. The van der Waals surface area contributed by atoms with E-state index in [0.717, 1.165) is 55.9 Å². The zero-order valence-electron chi connectivity index (χ0n) is 17.0. The number of amides is 1. The Morgan fingerprint density at radius 3 is 2.83 bits per heavy atom. The van der Waals surface area contributed by atoms with E-state index in [1.54, 1.807) is 12.7 Å². The fraction of sp³-hybridized carbons (Fsp3) is 0.700. The Morgan fingerprint density at radius 2 is 2.14 bits per heavy atom. The standard InChI is InChI=1S/C20H30N6O3/c1-2-21-20(28)14-3-6-25(7-4-14)18-17-19(23-12-22-18)26(13-24-17)9-16(10-27)15-5-8-29-11-15/h12-16,27H,2-11H2,1H3,(H,21,28). The second-order valence-electron chi connectivity index (χ2n) is 7.99. The van der Waals surface area contributed by atoms with Gasteiger partial charge in [0.05, 0.1) is 6.33 Å². The van der Waals surface area contributed by atoms with Crippen LogP contribution in [0.3, 0.4) is 0 Å². The Bertz CT molecular complexity index is 827. The second kappa shape index (κ2) is 9.04. The number of fused-ring (bicyclic) bond motifs is 1. The van der Waals surface area contributed by atoms with E-state index in [0.29, 0.717) is 25.6 Å². The average Bonchev–Trinajstić information content (AvgIpc) is 3.42. The summed E-state index contributed by atoms with van der Waals surface area (Å²) in [7, 11) is 0. The van der Waals surface area contributed by atoms with Crippen LogP contribution in [-0.4, -0.2) is 70.0 Å². The van der Waals surface area contributed by atoms with Crippen molar-refractivity contribution in [3.05, 3.63) is 12.7 Å². The van der Waals surface area contributed by atoms with Gasteiger partial charge in [0.15, 0.2) is 17.0 Å². The number of piperidine rings is 1. The molecule has 158 valence electrons. The molecule has 9 nitrogen and oxygen atoms in total. The van der Waals surface area contributed by atoms with Crippen molar-refractivity contribution in [2.45, 2.75) is 32.7 Å². The van der Waals surface area contributed by atoms with Crippen LogP contribution in [0.25, 0.3) is 11.2 Å². The molecule has 2 saturated heterocycles. The first-order valence-electron chi connectivity index (χ1n) is 10.6. The Balaban J connectivity index is 1.48. The highest BCUT2D eigenvalue weighted by molar-refractivity contribution is 5.84. The molecule has 2 aliphatic heterocycles. The third kappa shape index (κ3) is 4.20.